The van der Waals surface area contributed by atoms with Crippen molar-refractivity contribution in [3.8, 4) is 0 Å². The second-order valence-corrected chi connectivity index (χ2v) is 3.24. The molecule has 0 radical (unpaired) electrons. The number of imidazole rings is 1. The third-order valence-corrected chi connectivity index (χ3v) is 2.19. The van der Waals surface area contributed by atoms with Crippen molar-refractivity contribution in [1.82, 2.24) is 14.9 Å². The van der Waals surface area contributed by atoms with Crippen molar-refractivity contribution in [1.29, 1.82) is 0 Å². The molecule has 1 aliphatic rings. The lowest BCUT2D eigenvalue weighted by molar-refractivity contribution is 0.341. The highest BCUT2D eigenvalue weighted by Gasteiger charge is 2.21. The molecule has 0 fully saturated rings. The Morgan fingerprint density at radius 3 is 3.31 bits per heavy atom. The monoisotopic (exact) mass is 197 g/mol. The number of nitrogens with zero attached hydrogens (tertiary/aromatic N) is 3. The lowest BCUT2D eigenvalue weighted by atomic mass is 10.3. The summed E-state index contributed by atoms with van der Waals surface area (Å²) >= 11 is 4.14. The first-order valence-corrected chi connectivity index (χ1v) is 4.66. The number of hydrogen-bond acceptors (Lipinski definition) is 5. The van der Waals surface area contributed by atoms with E-state index < -0.39 is 0 Å². The molecule has 6 heteroatoms. The smallest absolute Gasteiger partial charge is 0.178 e. The number of aliphatic imine (C=N–C) groups is 1. The molecule has 1 unspecified atom stereocenters. The van der Waals surface area contributed by atoms with E-state index in [-0.39, 0.29) is 6.17 Å². The Labute approximate surface area is 81.5 Å². The maximum absolute atomic E-state index is 5.95. The van der Waals surface area contributed by atoms with E-state index in [1.54, 1.807) is 12.7 Å². The summed E-state index contributed by atoms with van der Waals surface area (Å²) in [4.78, 5) is 13.1. The molecule has 0 spiro atoms. The first-order valence-electron chi connectivity index (χ1n) is 4.02. The van der Waals surface area contributed by atoms with Crippen LogP contribution in [0.2, 0.25) is 0 Å². The predicted octanol–water partition coefficient (Wildman–Crippen LogP) is 0.272. The number of aromatic nitrogens is 2. The number of rotatable bonds is 2. The van der Waals surface area contributed by atoms with E-state index >= 15 is 0 Å². The molecule has 0 bridgehead atoms. The zero-order valence-electron chi connectivity index (χ0n) is 7.01. The van der Waals surface area contributed by atoms with Gasteiger partial charge in [0.05, 0.1) is 18.4 Å². The standard InChI is InChI=1S/C7H11N5S/c8-6-5-7(10-3-9-5)11-4-12(6)1-2-13/h3-4,6,13H,1-2,8H2,(H,9,10). The van der Waals surface area contributed by atoms with Crippen molar-refractivity contribution in [3.63, 3.8) is 0 Å². The topological polar surface area (TPSA) is 70.3 Å². The van der Waals surface area contributed by atoms with Crippen molar-refractivity contribution in [3.05, 3.63) is 12.0 Å². The van der Waals surface area contributed by atoms with E-state index in [9.17, 15) is 0 Å². The minimum absolute atomic E-state index is 0.179. The molecular weight excluding hydrogens is 186 g/mol. The fraction of sp³-hybridized carbons (Fsp3) is 0.429. The van der Waals surface area contributed by atoms with Gasteiger partial charge in [-0.3, -0.25) is 0 Å². The number of thiol groups is 1. The molecule has 1 aliphatic heterocycles. The predicted molar refractivity (Wildman–Crippen MR) is 54.2 cm³/mol. The van der Waals surface area contributed by atoms with Gasteiger partial charge in [0.25, 0.3) is 0 Å². The summed E-state index contributed by atoms with van der Waals surface area (Å²) in [5.41, 5.74) is 6.82. The molecule has 0 aliphatic carbocycles. The van der Waals surface area contributed by atoms with E-state index in [4.69, 9.17) is 5.73 Å². The molecular formula is C7H11N5S. The van der Waals surface area contributed by atoms with Crippen LogP contribution in [-0.2, 0) is 0 Å². The maximum atomic E-state index is 5.95. The number of nitrogens with two attached hydrogens (primary N) is 1. The van der Waals surface area contributed by atoms with Crippen molar-refractivity contribution >= 4 is 24.8 Å². The lowest BCUT2D eigenvalue weighted by Crippen LogP contribution is -2.36. The number of nitrogens with one attached hydrogen (secondary N) is 1. The normalized spacial score (nSPS) is 20.5. The zero-order valence-corrected chi connectivity index (χ0v) is 7.91. The van der Waals surface area contributed by atoms with Crippen LogP contribution in [-0.4, -0.2) is 33.5 Å². The van der Waals surface area contributed by atoms with E-state index in [1.807, 2.05) is 4.90 Å². The number of aromatic amines is 1. The number of H-pyrrole nitrogens is 1. The Balaban J connectivity index is 2.25. The highest BCUT2D eigenvalue weighted by atomic mass is 32.1. The van der Waals surface area contributed by atoms with Crippen LogP contribution >= 0.6 is 12.6 Å². The van der Waals surface area contributed by atoms with Gasteiger partial charge in [-0.15, -0.1) is 0 Å². The number of hydrogen-bond donors (Lipinski definition) is 3. The van der Waals surface area contributed by atoms with Crippen molar-refractivity contribution < 1.29 is 0 Å². The van der Waals surface area contributed by atoms with Crippen molar-refractivity contribution in [2.45, 2.75) is 6.17 Å². The lowest BCUT2D eigenvalue weighted by Gasteiger charge is -2.27. The SMILES string of the molecule is NC1c2[nH]cnc2N=CN1CCS. The summed E-state index contributed by atoms with van der Waals surface area (Å²) < 4.78 is 0. The molecule has 2 heterocycles. The van der Waals surface area contributed by atoms with E-state index in [0.717, 1.165) is 18.0 Å². The maximum Gasteiger partial charge on any atom is 0.178 e. The van der Waals surface area contributed by atoms with Gasteiger partial charge in [0.15, 0.2) is 5.82 Å². The largest absolute Gasteiger partial charge is 0.344 e. The van der Waals surface area contributed by atoms with Crippen LogP contribution in [0.5, 0.6) is 0 Å². The van der Waals surface area contributed by atoms with Crippen LogP contribution in [0, 0.1) is 0 Å². The molecule has 1 atom stereocenters. The molecule has 0 saturated carbocycles. The van der Waals surface area contributed by atoms with Gasteiger partial charge in [-0.2, -0.15) is 12.6 Å². The van der Waals surface area contributed by atoms with E-state index in [2.05, 4.69) is 27.6 Å². The van der Waals surface area contributed by atoms with Crippen LogP contribution in [0.3, 0.4) is 0 Å². The summed E-state index contributed by atoms with van der Waals surface area (Å²) in [6, 6.07) is 0. The quantitative estimate of drug-likeness (QED) is 0.596. The molecule has 2 rings (SSSR count). The Hall–Kier alpha value is -1.01. The summed E-state index contributed by atoms with van der Waals surface area (Å²) in [5, 5.41) is 0. The molecule has 0 saturated heterocycles. The van der Waals surface area contributed by atoms with Gasteiger partial charge in [0.1, 0.15) is 6.17 Å². The molecule has 70 valence electrons. The molecule has 1 aromatic heterocycles. The minimum atomic E-state index is -0.179. The molecule has 3 N–H and O–H groups in total. The summed E-state index contributed by atoms with van der Waals surface area (Å²) in [6.45, 7) is 0.784. The number of fused-ring (bicyclic) bond motifs is 1. The van der Waals surface area contributed by atoms with Crippen LogP contribution in [0.4, 0.5) is 5.82 Å². The second kappa shape index (κ2) is 3.39. The molecule has 1 aromatic rings. The van der Waals surface area contributed by atoms with Crippen LogP contribution in [0.15, 0.2) is 11.3 Å². The Bertz CT molecular complexity index is 320. The second-order valence-electron chi connectivity index (χ2n) is 2.79. The van der Waals surface area contributed by atoms with Gasteiger partial charge in [-0.25, -0.2) is 9.98 Å². The Morgan fingerprint density at radius 1 is 1.69 bits per heavy atom. The highest BCUT2D eigenvalue weighted by Crippen LogP contribution is 2.25. The molecule has 13 heavy (non-hydrogen) atoms. The van der Waals surface area contributed by atoms with Crippen molar-refractivity contribution in [2.75, 3.05) is 12.3 Å². The van der Waals surface area contributed by atoms with E-state index in [1.165, 1.54) is 0 Å². The highest BCUT2D eigenvalue weighted by molar-refractivity contribution is 7.80. The fourth-order valence-corrected chi connectivity index (χ4v) is 1.53. The van der Waals surface area contributed by atoms with Gasteiger partial charge in [0, 0.05) is 12.3 Å². The average molecular weight is 197 g/mol. The average Bonchev–Trinajstić information content (AvgIpc) is 2.58. The fourth-order valence-electron chi connectivity index (χ4n) is 1.30. The summed E-state index contributed by atoms with van der Waals surface area (Å²) in [5.74, 6) is 1.44. The van der Waals surface area contributed by atoms with Gasteiger partial charge < -0.3 is 15.6 Å². The summed E-state index contributed by atoms with van der Waals surface area (Å²) in [7, 11) is 0. The third kappa shape index (κ3) is 1.42. The van der Waals surface area contributed by atoms with Gasteiger partial charge in [-0.1, -0.05) is 0 Å². The van der Waals surface area contributed by atoms with Crippen LogP contribution < -0.4 is 5.73 Å². The van der Waals surface area contributed by atoms with Gasteiger partial charge in [-0.05, 0) is 0 Å². The van der Waals surface area contributed by atoms with Crippen LogP contribution in [0.25, 0.3) is 0 Å². The van der Waals surface area contributed by atoms with Gasteiger partial charge in [0.2, 0.25) is 0 Å². The van der Waals surface area contributed by atoms with E-state index in [0.29, 0.717) is 5.82 Å². The molecule has 5 nitrogen and oxygen atoms in total. The van der Waals surface area contributed by atoms with Gasteiger partial charge >= 0.3 is 0 Å². The summed E-state index contributed by atoms with van der Waals surface area (Å²) in [6.07, 6.45) is 3.14. The molecule has 0 aromatic carbocycles. The first kappa shape index (κ1) is 8.58. The minimum Gasteiger partial charge on any atom is -0.344 e. The Kier molecular flexibility index (Phi) is 2.24. The van der Waals surface area contributed by atoms with Crippen molar-refractivity contribution in [2.24, 2.45) is 10.7 Å². The third-order valence-electron chi connectivity index (χ3n) is 1.99. The Morgan fingerprint density at radius 2 is 2.54 bits per heavy atom. The molecule has 0 amide bonds. The van der Waals surface area contributed by atoms with Crippen LogP contribution in [0.1, 0.15) is 11.9 Å². The first-order chi connectivity index (χ1) is 6.33. The zero-order chi connectivity index (χ0) is 9.26.